The van der Waals surface area contributed by atoms with Crippen molar-refractivity contribution in [1.82, 2.24) is 19.0 Å². The molecule has 0 saturated carbocycles. The van der Waals surface area contributed by atoms with Crippen molar-refractivity contribution in [3.63, 3.8) is 0 Å². The molecule has 8 heteroatoms. The van der Waals surface area contributed by atoms with Gasteiger partial charge in [0.15, 0.2) is 0 Å². The number of hydrogen-bond acceptors (Lipinski definition) is 5. The van der Waals surface area contributed by atoms with E-state index < -0.39 is 5.91 Å². The van der Waals surface area contributed by atoms with E-state index in [2.05, 4.69) is 24.7 Å². The normalized spacial score (nSPS) is 17.0. The molecule has 1 fully saturated rings. The van der Waals surface area contributed by atoms with E-state index >= 15 is 0 Å². The highest BCUT2D eigenvalue weighted by molar-refractivity contribution is 5.96. The number of carbonyl (C=O) groups is 1. The molecule has 3 rings (SSSR count). The number of nitrogen functional groups attached to an aromatic ring is 1. The Morgan fingerprint density at radius 2 is 2.17 bits per heavy atom. The highest BCUT2D eigenvalue weighted by Crippen LogP contribution is 2.28. The quantitative estimate of drug-likeness (QED) is 0.478. The van der Waals surface area contributed by atoms with Crippen LogP contribution in [0.2, 0.25) is 0 Å². The highest BCUT2D eigenvalue weighted by atomic mass is 16.2. The number of fused-ring (bicyclic) bond motifs is 1. The number of aromatic nitrogens is 3. The Bertz CT molecular complexity index is 1140. The predicted octanol–water partition coefficient (Wildman–Crippen LogP) is 2.24. The van der Waals surface area contributed by atoms with E-state index in [0.29, 0.717) is 42.7 Å². The lowest BCUT2D eigenvalue weighted by Crippen LogP contribution is -2.43. The fourth-order valence-electron chi connectivity index (χ4n) is 3.73. The lowest BCUT2D eigenvalue weighted by atomic mass is 10.0. The van der Waals surface area contributed by atoms with Crippen LogP contribution in [0.5, 0.6) is 0 Å². The third-order valence-corrected chi connectivity index (χ3v) is 5.01. The Balaban J connectivity index is 2.17. The van der Waals surface area contributed by atoms with Crippen LogP contribution in [-0.2, 0) is 4.79 Å². The third-order valence-electron chi connectivity index (χ3n) is 5.01. The summed E-state index contributed by atoms with van der Waals surface area (Å²) >= 11 is 0. The fraction of sp³-hybridized carbons (Fsp3) is 0.238. The molecular formula is C21H22N6O2. The van der Waals surface area contributed by atoms with Crippen molar-refractivity contribution in [3.8, 4) is 6.07 Å². The van der Waals surface area contributed by atoms with Gasteiger partial charge in [0.2, 0.25) is 0 Å². The van der Waals surface area contributed by atoms with Crippen LogP contribution in [0, 0.1) is 11.3 Å². The van der Waals surface area contributed by atoms with Gasteiger partial charge in [0.1, 0.15) is 23.0 Å². The van der Waals surface area contributed by atoms with E-state index in [1.165, 1.54) is 4.57 Å². The Morgan fingerprint density at radius 1 is 1.41 bits per heavy atom. The second-order valence-electron chi connectivity index (χ2n) is 6.72. The molecule has 29 heavy (non-hydrogen) atoms. The number of hydrogen-bond donors (Lipinski definition) is 1. The second kappa shape index (κ2) is 8.02. The van der Waals surface area contributed by atoms with Gasteiger partial charge in [0.05, 0.1) is 17.3 Å². The molecule has 0 unspecified atom stereocenters. The first kappa shape index (κ1) is 19.9. The monoisotopic (exact) mass is 390 g/mol. The maximum Gasteiger partial charge on any atom is 0.334 e. The summed E-state index contributed by atoms with van der Waals surface area (Å²) in [6.45, 7) is 11.8. The zero-order valence-corrected chi connectivity index (χ0v) is 16.0. The maximum atomic E-state index is 13.4. The number of pyridine rings is 1. The van der Waals surface area contributed by atoms with E-state index in [4.69, 9.17) is 11.0 Å². The minimum Gasteiger partial charge on any atom is -0.382 e. The van der Waals surface area contributed by atoms with Crippen LogP contribution in [-0.4, -0.2) is 38.0 Å². The SMILES string of the molecule is C=C/C=C(\C=C)n1c(=O)n([C@@H]2CCCN(C(=O)C(=C)C#N)C2)c2ccnc(N)c21. The van der Waals surface area contributed by atoms with Gasteiger partial charge < -0.3 is 10.6 Å². The van der Waals surface area contributed by atoms with Gasteiger partial charge in [-0.25, -0.2) is 9.78 Å². The molecule has 1 aliphatic heterocycles. The van der Waals surface area contributed by atoms with E-state index in [-0.39, 0.29) is 23.1 Å². The van der Waals surface area contributed by atoms with Gasteiger partial charge >= 0.3 is 5.69 Å². The fourth-order valence-corrected chi connectivity index (χ4v) is 3.73. The van der Waals surface area contributed by atoms with Crippen molar-refractivity contribution in [2.45, 2.75) is 18.9 Å². The molecule has 2 aromatic rings. The molecule has 3 heterocycles. The predicted molar refractivity (Wildman–Crippen MR) is 113 cm³/mol. The summed E-state index contributed by atoms with van der Waals surface area (Å²) in [6.07, 6.45) is 7.73. The van der Waals surface area contributed by atoms with Gasteiger partial charge in [-0.15, -0.1) is 0 Å². The molecule has 0 aliphatic carbocycles. The van der Waals surface area contributed by atoms with Crippen LogP contribution >= 0.6 is 0 Å². The molecular weight excluding hydrogens is 368 g/mol. The average Bonchev–Trinajstić information content (AvgIpc) is 3.04. The smallest absolute Gasteiger partial charge is 0.334 e. The van der Waals surface area contributed by atoms with Crippen LogP contribution in [0.15, 0.2) is 60.6 Å². The minimum absolute atomic E-state index is 0.114. The van der Waals surface area contributed by atoms with Gasteiger partial charge in [0.25, 0.3) is 5.91 Å². The molecule has 0 spiro atoms. The first-order valence-electron chi connectivity index (χ1n) is 9.15. The number of imidazole rings is 1. The van der Waals surface area contributed by atoms with Gasteiger partial charge in [0, 0.05) is 19.3 Å². The number of piperidine rings is 1. The van der Waals surface area contributed by atoms with Gasteiger partial charge in [-0.3, -0.25) is 13.9 Å². The Labute approximate surface area is 168 Å². The number of amides is 1. The molecule has 1 saturated heterocycles. The Kier molecular flexibility index (Phi) is 5.50. The first-order chi connectivity index (χ1) is 13.9. The van der Waals surface area contributed by atoms with Crippen LogP contribution in [0.4, 0.5) is 5.82 Å². The summed E-state index contributed by atoms with van der Waals surface area (Å²) in [5, 5.41) is 8.98. The zero-order valence-electron chi connectivity index (χ0n) is 16.0. The van der Waals surface area contributed by atoms with Crippen molar-refractivity contribution in [3.05, 3.63) is 66.3 Å². The molecule has 0 radical (unpaired) electrons. The van der Waals surface area contributed by atoms with E-state index in [1.54, 1.807) is 46.0 Å². The molecule has 1 aliphatic rings. The number of nitrogens with zero attached hydrogens (tertiary/aromatic N) is 5. The van der Waals surface area contributed by atoms with E-state index in [1.807, 2.05) is 0 Å². The summed E-state index contributed by atoms with van der Waals surface area (Å²) in [7, 11) is 0. The maximum absolute atomic E-state index is 13.4. The average molecular weight is 390 g/mol. The molecule has 1 atom stereocenters. The highest BCUT2D eigenvalue weighted by Gasteiger charge is 2.30. The van der Waals surface area contributed by atoms with Crippen LogP contribution in [0.25, 0.3) is 16.7 Å². The van der Waals surface area contributed by atoms with Gasteiger partial charge in [-0.05, 0) is 31.1 Å². The van der Waals surface area contributed by atoms with Crippen molar-refractivity contribution in [1.29, 1.82) is 5.26 Å². The number of rotatable bonds is 5. The molecule has 2 N–H and O–H groups in total. The molecule has 148 valence electrons. The van der Waals surface area contributed by atoms with Crippen molar-refractivity contribution < 1.29 is 4.79 Å². The van der Waals surface area contributed by atoms with Crippen LogP contribution in [0.1, 0.15) is 18.9 Å². The van der Waals surface area contributed by atoms with Gasteiger partial charge in [-0.1, -0.05) is 25.8 Å². The number of nitriles is 1. The number of anilines is 1. The van der Waals surface area contributed by atoms with Crippen molar-refractivity contribution in [2.24, 2.45) is 0 Å². The number of nitrogens with two attached hydrogens (primary N) is 1. The lowest BCUT2D eigenvalue weighted by Gasteiger charge is -2.33. The van der Waals surface area contributed by atoms with Crippen molar-refractivity contribution in [2.75, 3.05) is 18.8 Å². The Morgan fingerprint density at radius 3 is 2.83 bits per heavy atom. The molecule has 1 amide bonds. The van der Waals surface area contributed by atoms with Gasteiger partial charge in [-0.2, -0.15) is 5.26 Å². The molecule has 2 aromatic heterocycles. The zero-order chi connectivity index (χ0) is 21.1. The summed E-state index contributed by atoms with van der Waals surface area (Å²) in [5.41, 5.74) is 7.32. The second-order valence-corrected chi connectivity index (χ2v) is 6.72. The summed E-state index contributed by atoms with van der Waals surface area (Å²) < 4.78 is 3.10. The van der Waals surface area contributed by atoms with E-state index in [9.17, 15) is 9.59 Å². The number of allylic oxidation sites excluding steroid dienone is 4. The summed E-state index contributed by atoms with van der Waals surface area (Å²) in [5.74, 6) is -0.190. The largest absolute Gasteiger partial charge is 0.382 e. The van der Waals surface area contributed by atoms with Crippen LogP contribution in [0.3, 0.4) is 0 Å². The lowest BCUT2D eigenvalue weighted by molar-refractivity contribution is -0.128. The minimum atomic E-state index is -0.409. The molecule has 0 aromatic carbocycles. The molecule has 0 bridgehead atoms. The van der Waals surface area contributed by atoms with Crippen LogP contribution < -0.4 is 11.4 Å². The summed E-state index contributed by atoms with van der Waals surface area (Å²) in [6, 6.07) is 3.25. The topological polar surface area (TPSA) is 110 Å². The van der Waals surface area contributed by atoms with E-state index in [0.717, 1.165) is 0 Å². The standard InChI is InChI=1S/C21H22N6O2/c1-4-7-15(5-2)27-18-17(9-10-24-19(18)23)26(21(27)29)16-8-6-11-25(13-16)20(28)14(3)12-22/h4-5,7,9-10,16H,1-3,6,8,11,13H2,(H2,23,24)/b15-7+/t16-/m1/s1. The number of likely N-dealkylation sites (tertiary alicyclic amines) is 1. The van der Waals surface area contributed by atoms with Crippen molar-refractivity contribution >= 4 is 28.5 Å². The third kappa shape index (κ3) is 3.38. The first-order valence-corrected chi connectivity index (χ1v) is 9.15. The Hall–Kier alpha value is -3.86. The number of carbonyl (C=O) groups excluding carboxylic acids is 1. The molecule has 8 nitrogen and oxygen atoms in total. The summed E-state index contributed by atoms with van der Waals surface area (Å²) in [4.78, 5) is 31.5.